The van der Waals surface area contributed by atoms with Gasteiger partial charge in [0.25, 0.3) is 0 Å². The lowest BCUT2D eigenvalue weighted by Crippen LogP contribution is -1.99. The first-order valence-electron chi connectivity index (χ1n) is 9.63. The summed E-state index contributed by atoms with van der Waals surface area (Å²) in [6.45, 7) is 8.84. The highest BCUT2D eigenvalue weighted by molar-refractivity contribution is 9.10. The zero-order valence-corrected chi connectivity index (χ0v) is 20.1. The van der Waals surface area contributed by atoms with Crippen molar-refractivity contribution < 1.29 is 0 Å². The van der Waals surface area contributed by atoms with Crippen LogP contribution in [0.5, 0.6) is 0 Å². The van der Waals surface area contributed by atoms with Gasteiger partial charge >= 0.3 is 0 Å². The van der Waals surface area contributed by atoms with E-state index in [0.717, 1.165) is 21.8 Å². The van der Waals surface area contributed by atoms with Crippen molar-refractivity contribution in [3.8, 4) is 0 Å². The Morgan fingerprint density at radius 3 is 1.36 bits per heavy atom. The van der Waals surface area contributed by atoms with E-state index in [4.69, 9.17) is 0 Å². The molecule has 0 heterocycles. The van der Waals surface area contributed by atoms with Gasteiger partial charge in [0.2, 0.25) is 0 Å². The average molecular weight is 498 g/mol. The van der Waals surface area contributed by atoms with Crippen LogP contribution in [-0.4, -0.2) is 0 Å². The molecule has 0 spiro atoms. The molecule has 28 heavy (non-hydrogen) atoms. The molecular formula is C26H26Br2. The number of hydrogen-bond acceptors (Lipinski definition) is 0. The quantitative estimate of drug-likeness (QED) is 0.387. The monoisotopic (exact) mass is 496 g/mol. The second kappa shape index (κ2) is 9.24. The molecule has 0 unspecified atom stereocenters. The SMILES string of the molecule is CC(C)=C1/C=C(/c2cccc(Br)c2)CC/C(c2cccc(Br)c2)=C\C1=C(C)C. The van der Waals surface area contributed by atoms with Crippen LogP contribution in [0, 0.1) is 0 Å². The standard InChI is InChI=1S/C26H26Br2/c1-17(2)25-15-21(19-7-5-9-23(27)13-19)11-12-22(16-26(25)18(3)4)20-8-6-10-24(28)14-20/h5-10,13-16H,11-12H2,1-4H3/b21-15+,22-16+. The van der Waals surface area contributed by atoms with Crippen LogP contribution in [0.2, 0.25) is 0 Å². The molecule has 0 nitrogen and oxygen atoms in total. The number of allylic oxidation sites excluding steroid dienone is 8. The average Bonchev–Trinajstić information content (AvgIpc) is 2.61. The molecule has 0 bridgehead atoms. The third-order valence-electron chi connectivity index (χ3n) is 5.06. The van der Waals surface area contributed by atoms with Gasteiger partial charge in [-0.25, -0.2) is 0 Å². The van der Waals surface area contributed by atoms with Gasteiger partial charge in [-0.2, -0.15) is 0 Å². The first kappa shape index (κ1) is 21.1. The van der Waals surface area contributed by atoms with Gasteiger partial charge in [0, 0.05) is 8.95 Å². The fourth-order valence-corrected chi connectivity index (χ4v) is 4.38. The molecule has 2 heteroatoms. The highest BCUT2D eigenvalue weighted by atomic mass is 79.9. The first-order valence-corrected chi connectivity index (χ1v) is 11.2. The number of benzene rings is 2. The Morgan fingerprint density at radius 1 is 0.643 bits per heavy atom. The molecule has 2 aromatic carbocycles. The molecule has 0 saturated carbocycles. The van der Waals surface area contributed by atoms with Crippen LogP contribution in [0.15, 0.2) is 91.9 Å². The van der Waals surface area contributed by atoms with E-state index >= 15 is 0 Å². The summed E-state index contributed by atoms with van der Waals surface area (Å²) in [5.74, 6) is 0. The molecule has 1 aliphatic rings. The van der Waals surface area contributed by atoms with Crippen molar-refractivity contribution in [2.75, 3.05) is 0 Å². The maximum absolute atomic E-state index is 3.63. The third kappa shape index (κ3) is 5.04. The fourth-order valence-electron chi connectivity index (χ4n) is 3.58. The molecule has 0 fully saturated rings. The van der Waals surface area contributed by atoms with Gasteiger partial charge in [-0.15, -0.1) is 0 Å². The Bertz CT molecular complexity index is 925. The van der Waals surface area contributed by atoms with E-state index in [-0.39, 0.29) is 0 Å². The lowest BCUT2D eigenvalue weighted by Gasteiger charge is -2.20. The summed E-state index contributed by atoms with van der Waals surface area (Å²) < 4.78 is 2.24. The Morgan fingerprint density at radius 2 is 1.04 bits per heavy atom. The summed E-state index contributed by atoms with van der Waals surface area (Å²) in [5.41, 5.74) is 10.7. The zero-order valence-electron chi connectivity index (χ0n) is 16.9. The first-order chi connectivity index (χ1) is 13.3. The van der Waals surface area contributed by atoms with Crippen molar-refractivity contribution in [3.05, 3.63) is 103 Å². The summed E-state index contributed by atoms with van der Waals surface area (Å²) in [6, 6.07) is 17.3. The molecule has 0 aromatic heterocycles. The second-order valence-electron chi connectivity index (χ2n) is 7.69. The molecule has 2 aromatic rings. The lowest BCUT2D eigenvalue weighted by atomic mass is 9.85. The van der Waals surface area contributed by atoms with Gasteiger partial charge in [0.15, 0.2) is 0 Å². The van der Waals surface area contributed by atoms with E-state index in [0.29, 0.717) is 0 Å². The number of halogens is 2. The Kier molecular flexibility index (Phi) is 6.95. The summed E-state index contributed by atoms with van der Waals surface area (Å²) in [5, 5.41) is 0. The van der Waals surface area contributed by atoms with E-state index in [9.17, 15) is 0 Å². The van der Waals surface area contributed by atoms with Crippen LogP contribution in [0.25, 0.3) is 11.1 Å². The van der Waals surface area contributed by atoms with Crippen LogP contribution < -0.4 is 0 Å². The van der Waals surface area contributed by atoms with Crippen LogP contribution >= 0.6 is 31.9 Å². The van der Waals surface area contributed by atoms with Crippen molar-refractivity contribution in [1.29, 1.82) is 0 Å². The summed E-state index contributed by atoms with van der Waals surface area (Å²) in [7, 11) is 0. The normalized spacial score (nSPS) is 18.5. The fraction of sp³-hybridized carbons (Fsp3) is 0.231. The van der Waals surface area contributed by atoms with Gasteiger partial charge in [0.05, 0.1) is 0 Å². The van der Waals surface area contributed by atoms with Crippen LogP contribution in [0.3, 0.4) is 0 Å². The van der Waals surface area contributed by atoms with Gasteiger partial charge in [0.1, 0.15) is 0 Å². The Labute approximate surface area is 186 Å². The van der Waals surface area contributed by atoms with Crippen molar-refractivity contribution >= 4 is 43.0 Å². The van der Waals surface area contributed by atoms with Crippen molar-refractivity contribution in [2.45, 2.75) is 40.5 Å². The molecule has 0 N–H and O–H groups in total. The predicted molar refractivity (Wildman–Crippen MR) is 130 cm³/mol. The smallest absolute Gasteiger partial charge is 0.0181 e. The number of rotatable bonds is 2. The van der Waals surface area contributed by atoms with E-state index in [2.05, 4.69) is 120 Å². The molecule has 0 radical (unpaired) electrons. The van der Waals surface area contributed by atoms with Crippen molar-refractivity contribution in [1.82, 2.24) is 0 Å². The Balaban J connectivity index is 2.18. The minimum atomic E-state index is 1.02. The Hall–Kier alpha value is -1.64. The minimum absolute atomic E-state index is 1.02. The van der Waals surface area contributed by atoms with Crippen LogP contribution in [0.4, 0.5) is 0 Å². The van der Waals surface area contributed by atoms with E-state index in [1.54, 1.807) is 0 Å². The number of hydrogen-bond donors (Lipinski definition) is 0. The molecular weight excluding hydrogens is 472 g/mol. The van der Waals surface area contributed by atoms with Crippen LogP contribution in [0.1, 0.15) is 51.7 Å². The maximum atomic E-state index is 3.63. The highest BCUT2D eigenvalue weighted by Gasteiger charge is 2.15. The lowest BCUT2D eigenvalue weighted by molar-refractivity contribution is 1.07. The van der Waals surface area contributed by atoms with Crippen LogP contribution in [-0.2, 0) is 0 Å². The maximum Gasteiger partial charge on any atom is 0.0181 e. The van der Waals surface area contributed by atoms with Gasteiger partial charge in [-0.1, -0.05) is 79.4 Å². The second-order valence-corrected chi connectivity index (χ2v) is 9.52. The highest BCUT2D eigenvalue weighted by Crippen LogP contribution is 2.37. The van der Waals surface area contributed by atoms with E-state index in [1.807, 2.05) is 0 Å². The van der Waals surface area contributed by atoms with Crippen molar-refractivity contribution in [2.24, 2.45) is 0 Å². The molecule has 3 rings (SSSR count). The summed E-state index contributed by atoms with van der Waals surface area (Å²) in [6.07, 6.45) is 6.82. The van der Waals surface area contributed by atoms with Gasteiger partial charge in [-0.3, -0.25) is 0 Å². The van der Waals surface area contributed by atoms with Gasteiger partial charge in [-0.05, 0) is 98.2 Å². The molecule has 0 amide bonds. The zero-order chi connectivity index (χ0) is 20.3. The summed E-state index contributed by atoms with van der Waals surface area (Å²) >= 11 is 7.27. The topological polar surface area (TPSA) is 0 Å². The predicted octanol–water partition coefficient (Wildman–Crippen LogP) is 9.15. The molecule has 0 atom stereocenters. The molecule has 0 saturated heterocycles. The third-order valence-corrected chi connectivity index (χ3v) is 6.05. The molecule has 144 valence electrons. The molecule has 1 aliphatic carbocycles. The van der Waals surface area contributed by atoms with E-state index in [1.165, 1.54) is 44.6 Å². The minimum Gasteiger partial charge on any atom is -0.0686 e. The summed E-state index contributed by atoms with van der Waals surface area (Å²) in [4.78, 5) is 0. The van der Waals surface area contributed by atoms with E-state index < -0.39 is 0 Å². The largest absolute Gasteiger partial charge is 0.0686 e. The van der Waals surface area contributed by atoms with Gasteiger partial charge < -0.3 is 0 Å². The van der Waals surface area contributed by atoms with Crippen molar-refractivity contribution in [3.63, 3.8) is 0 Å². The molecule has 0 aliphatic heterocycles.